The number of benzene rings is 5. The summed E-state index contributed by atoms with van der Waals surface area (Å²) in [6.45, 7) is 0. The van der Waals surface area contributed by atoms with Crippen molar-refractivity contribution in [2.24, 2.45) is 0 Å². The molecule has 6 aromatic rings. The van der Waals surface area contributed by atoms with Gasteiger partial charge in [0.2, 0.25) is 0 Å². The molecule has 172 valence electrons. The summed E-state index contributed by atoms with van der Waals surface area (Å²) in [4.78, 5) is 4.03. The summed E-state index contributed by atoms with van der Waals surface area (Å²) < 4.78 is 43.0. The van der Waals surface area contributed by atoms with Gasteiger partial charge in [-0.15, -0.1) is 0 Å². The van der Waals surface area contributed by atoms with Gasteiger partial charge in [-0.3, -0.25) is 0 Å². The van der Waals surface area contributed by atoms with Crippen molar-refractivity contribution in [2.45, 2.75) is 6.18 Å². The Balaban J connectivity index is 1.65. The maximum absolute atomic E-state index is 14.3. The maximum atomic E-state index is 14.3. The second-order valence-corrected chi connectivity index (χ2v) is 8.60. The Bertz CT molecular complexity index is 1840. The van der Waals surface area contributed by atoms with E-state index in [4.69, 9.17) is 0 Å². The number of rotatable bonds is 1. The minimum Gasteiger partial charge on any atom is -0.242 e. The molecule has 0 unspecified atom stereocenters. The Morgan fingerprint density at radius 3 is 1.92 bits per heavy atom. The monoisotopic (exact) mass is 473 g/mol. The van der Waals surface area contributed by atoms with Gasteiger partial charge in [-0.2, -0.15) is 13.2 Å². The van der Waals surface area contributed by atoms with Gasteiger partial charge in [0.25, 0.3) is 0 Å². The SMILES string of the molecule is FC(F)(F)c1nc2ccccc2c(-c2ccc3ccccc3c2)c1C#Cc1ccc2ccccc2c1. The van der Waals surface area contributed by atoms with Crippen LogP contribution in [-0.4, -0.2) is 4.98 Å². The molecule has 0 atom stereocenters. The minimum absolute atomic E-state index is 0.121. The standard InChI is InChI=1S/C32H18F3N/c33-32(34,35)31-28(18-14-21-13-15-22-7-1-3-9-24(22)19-21)30(27-11-5-6-12-29(27)36-31)26-17-16-23-8-2-4-10-25(23)20-26/h1-13,15-17,19-20H. The second kappa shape index (κ2) is 8.55. The molecule has 1 aromatic heterocycles. The normalized spacial score (nSPS) is 11.5. The molecule has 5 aromatic carbocycles. The first kappa shape index (κ1) is 21.9. The molecule has 0 fully saturated rings. The van der Waals surface area contributed by atoms with E-state index in [2.05, 4.69) is 16.8 Å². The van der Waals surface area contributed by atoms with Crippen LogP contribution in [-0.2, 0) is 6.18 Å². The molecule has 36 heavy (non-hydrogen) atoms. The van der Waals surface area contributed by atoms with E-state index in [1.807, 2.05) is 91.0 Å². The fourth-order valence-corrected chi connectivity index (χ4v) is 4.59. The van der Waals surface area contributed by atoms with E-state index in [1.54, 1.807) is 18.2 Å². The van der Waals surface area contributed by atoms with Crippen LogP contribution in [0.3, 0.4) is 0 Å². The molecule has 0 saturated carbocycles. The minimum atomic E-state index is -4.66. The fraction of sp³-hybridized carbons (Fsp3) is 0.0312. The summed E-state index contributed by atoms with van der Waals surface area (Å²) in [5, 5.41) is 4.61. The van der Waals surface area contributed by atoms with Crippen LogP contribution in [0.4, 0.5) is 13.2 Å². The average molecular weight is 473 g/mol. The maximum Gasteiger partial charge on any atom is 0.434 e. The molecule has 6 rings (SSSR count). The molecule has 0 aliphatic carbocycles. The Hall–Kier alpha value is -4.62. The molecule has 0 amide bonds. The van der Waals surface area contributed by atoms with Crippen molar-refractivity contribution in [2.75, 3.05) is 0 Å². The van der Waals surface area contributed by atoms with Gasteiger partial charge in [0, 0.05) is 16.5 Å². The molecular formula is C32H18F3N. The third kappa shape index (κ3) is 3.95. The predicted molar refractivity (Wildman–Crippen MR) is 140 cm³/mol. The summed E-state index contributed by atoms with van der Waals surface area (Å²) in [6, 6.07) is 33.8. The second-order valence-electron chi connectivity index (χ2n) is 8.60. The summed E-state index contributed by atoms with van der Waals surface area (Å²) >= 11 is 0. The van der Waals surface area contributed by atoms with E-state index >= 15 is 0 Å². The highest BCUT2D eigenvalue weighted by Gasteiger charge is 2.37. The first-order chi connectivity index (χ1) is 17.5. The van der Waals surface area contributed by atoms with Gasteiger partial charge in [-0.25, -0.2) is 4.98 Å². The van der Waals surface area contributed by atoms with Crippen LogP contribution >= 0.6 is 0 Å². The number of nitrogens with zero attached hydrogens (tertiary/aromatic N) is 1. The summed E-state index contributed by atoms with van der Waals surface area (Å²) in [6.07, 6.45) is -4.66. The number of fused-ring (bicyclic) bond motifs is 3. The summed E-state index contributed by atoms with van der Waals surface area (Å²) in [5.41, 5.74) is 0.929. The molecule has 0 N–H and O–H groups in total. The van der Waals surface area contributed by atoms with Crippen LogP contribution < -0.4 is 0 Å². The lowest BCUT2D eigenvalue weighted by Gasteiger charge is -2.16. The van der Waals surface area contributed by atoms with Crippen molar-refractivity contribution in [1.82, 2.24) is 4.98 Å². The smallest absolute Gasteiger partial charge is 0.242 e. The van der Waals surface area contributed by atoms with Crippen molar-refractivity contribution < 1.29 is 13.2 Å². The Morgan fingerprint density at radius 1 is 0.583 bits per heavy atom. The molecule has 0 radical (unpaired) electrons. The van der Waals surface area contributed by atoms with E-state index in [0.717, 1.165) is 21.5 Å². The largest absolute Gasteiger partial charge is 0.434 e. The number of aromatic nitrogens is 1. The topological polar surface area (TPSA) is 12.9 Å². The van der Waals surface area contributed by atoms with E-state index in [1.165, 1.54) is 0 Å². The molecule has 0 aliphatic rings. The van der Waals surface area contributed by atoms with Crippen molar-refractivity contribution in [1.29, 1.82) is 0 Å². The van der Waals surface area contributed by atoms with Gasteiger partial charge in [0.1, 0.15) is 0 Å². The highest BCUT2D eigenvalue weighted by atomic mass is 19.4. The zero-order valence-electron chi connectivity index (χ0n) is 19.0. The van der Waals surface area contributed by atoms with Crippen LogP contribution in [0, 0.1) is 11.8 Å². The van der Waals surface area contributed by atoms with Crippen molar-refractivity contribution >= 4 is 32.4 Å². The van der Waals surface area contributed by atoms with Crippen LogP contribution in [0.5, 0.6) is 0 Å². The summed E-state index contributed by atoms with van der Waals surface area (Å²) in [5.74, 6) is 5.86. The number of hydrogen-bond donors (Lipinski definition) is 0. The Morgan fingerprint density at radius 2 is 1.19 bits per heavy atom. The first-order valence-corrected chi connectivity index (χ1v) is 11.5. The quantitative estimate of drug-likeness (QED) is 0.218. The Kier molecular flexibility index (Phi) is 5.20. The van der Waals surface area contributed by atoms with Gasteiger partial charge in [0.15, 0.2) is 5.69 Å². The zero-order chi connectivity index (χ0) is 24.7. The highest BCUT2D eigenvalue weighted by Crippen LogP contribution is 2.40. The number of alkyl halides is 3. The van der Waals surface area contributed by atoms with Gasteiger partial charge >= 0.3 is 6.18 Å². The number of halogens is 3. The number of hydrogen-bond acceptors (Lipinski definition) is 1. The van der Waals surface area contributed by atoms with E-state index in [9.17, 15) is 13.2 Å². The highest BCUT2D eigenvalue weighted by molar-refractivity contribution is 6.00. The van der Waals surface area contributed by atoms with Gasteiger partial charge in [0.05, 0.1) is 11.1 Å². The molecule has 0 spiro atoms. The van der Waals surface area contributed by atoms with Crippen molar-refractivity contribution in [3.63, 3.8) is 0 Å². The lowest BCUT2D eigenvalue weighted by Crippen LogP contribution is -2.12. The third-order valence-electron chi connectivity index (χ3n) is 6.28. The molecule has 1 nitrogen and oxygen atoms in total. The average Bonchev–Trinajstić information content (AvgIpc) is 2.90. The van der Waals surface area contributed by atoms with Gasteiger partial charge in [-0.1, -0.05) is 96.8 Å². The van der Waals surface area contributed by atoms with E-state index < -0.39 is 11.9 Å². The van der Waals surface area contributed by atoms with E-state index in [0.29, 0.717) is 22.1 Å². The first-order valence-electron chi connectivity index (χ1n) is 11.5. The van der Waals surface area contributed by atoms with Crippen LogP contribution in [0.15, 0.2) is 109 Å². The molecule has 0 bridgehead atoms. The lowest BCUT2D eigenvalue weighted by molar-refractivity contribution is -0.141. The molecular weight excluding hydrogens is 455 g/mol. The number of pyridine rings is 1. The predicted octanol–water partition coefficient (Wildman–Crippen LogP) is 8.63. The molecule has 4 heteroatoms. The zero-order valence-corrected chi connectivity index (χ0v) is 19.0. The van der Waals surface area contributed by atoms with Crippen LogP contribution in [0.2, 0.25) is 0 Å². The number of para-hydroxylation sites is 1. The van der Waals surface area contributed by atoms with E-state index in [-0.39, 0.29) is 11.1 Å². The Labute approximate surface area is 205 Å². The van der Waals surface area contributed by atoms with Crippen LogP contribution in [0.25, 0.3) is 43.6 Å². The third-order valence-corrected chi connectivity index (χ3v) is 6.28. The molecule has 0 aliphatic heterocycles. The van der Waals surface area contributed by atoms with Gasteiger partial charge < -0.3 is 0 Å². The lowest BCUT2D eigenvalue weighted by atomic mass is 9.92. The van der Waals surface area contributed by atoms with Crippen LogP contribution in [0.1, 0.15) is 16.8 Å². The molecule has 1 heterocycles. The van der Waals surface area contributed by atoms with Crippen molar-refractivity contribution in [3.05, 3.63) is 126 Å². The van der Waals surface area contributed by atoms with Crippen molar-refractivity contribution in [3.8, 4) is 23.0 Å². The summed E-state index contributed by atoms with van der Waals surface area (Å²) in [7, 11) is 0. The molecule has 0 saturated heterocycles. The fourth-order valence-electron chi connectivity index (χ4n) is 4.59. The van der Waals surface area contributed by atoms with Gasteiger partial charge in [-0.05, 0) is 51.4 Å².